The molecular weight excluding hydrogens is 598 g/mol. The van der Waals surface area contributed by atoms with Gasteiger partial charge in [-0.3, -0.25) is 13.9 Å². The molecule has 0 aromatic heterocycles. The number of hydrogen-bond acceptors (Lipinski definition) is 6. The third kappa shape index (κ3) is 7.54. The Balaban J connectivity index is 2.03. The number of halogens is 1. The highest BCUT2D eigenvalue weighted by Crippen LogP contribution is 2.32. The number of sulfonamides is 1. The van der Waals surface area contributed by atoms with E-state index in [1.54, 1.807) is 37.3 Å². The first-order chi connectivity index (χ1) is 19.1. The number of amides is 2. The Morgan fingerprint density at radius 2 is 1.65 bits per heavy atom. The average Bonchev–Trinajstić information content (AvgIpc) is 2.96. The summed E-state index contributed by atoms with van der Waals surface area (Å²) in [4.78, 5) is 28.2. The highest BCUT2D eigenvalue weighted by Gasteiger charge is 2.33. The third-order valence-electron chi connectivity index (χ3n) is 6.22. The van der Waals surface area contributed by atoms with E-state index in [-0.39, 0.29) is 23.1 Å². The van der Waals surface area contributed by atoms with Gasteiger partial charge in [-0.2, -0.15) is 0 Å². The SMILES string of the molecule is CCCNC(=O)[C@@H](C)N(Cc1cccc(Br)c1)C(=O)CN(c1ccccc1)S(=O)(=O)c1ccc(OC)c(OC)c1. The summed E-state index contributed by atoms with van der Waals surface area (Å²) in [6.07, 6.45) is 0.739. The van der Waals surface area contributed by atoms with Crippen LogP contribution in [-0.2, 0) is 26.2 Å². The van der Waals surface area contributed by atoms with E-state index in [4.69, 9.17) is 9.47 Å². The van der Waals surface area contributed by atoms with Crippen LogP contribution >= 0.6 is 15.9 Å². The number of methoxy groups -OCH3 is 2. The van der Waals surface area contributed by atoms with Crippen LogP contribution in [0, 0.1) is 0 Å². The predicted octanol–water partition coefficient (Wildman–Crippen LogP) is 4.61. The van der Waals surface area contributed by atoms with Crippen LogP contribution in [0.5, 0.6) is 11.5 Å². The van der Waals surface area contributed by atoms with Gasteiger partial charge in [0.25, 0.3) is 10.0 Å². The first-order valence-electron chi connectivity index (χ1n) is 12.7. The first-order valence-corrected chi connectivity index (χ1v) is 15.0. The lowest BCUT2D eigenvalue weighted by Gasteiger charge is -2.32. The Morgan fingerprint density at radius 3 is 2.27 bits per heavy atom. The number of hydrogen-bond donors (Lipinski definition) is 1. The fourth-order valence-corrected chi connectivity index (χ4v) is 5.91. The molecule has 0 fully saturated rings. The van der Waals surface area contributed by atoms with Crippen molar-refractivity contribution in [1.29, 1.82) is 0 Å². The number of carbonyl (C=O) groups excluding carboxylic acids is 2. The Bertz CT molecular complexity index is 1420. The van der Waals surface area contributed by atoms with Gasteiger partial charge < -0.3 is 19.7 Å². The molecule has 0 aliphatic heterocycles. The molecule has 9 nitrogen and oxygen atoms in total. The third-order valence-corrected chi connectivity index (χ3v) is 8.49. The fraction of sp³-hybridized carbons (Fsp3) is 0.310. The second-order valence-corrected chi connectivity index (χ2v) is 11.8. The van der Waals surface area contributed by atoms with E-state index in [1.165, 1.54) is 37.3 Å². The van der Waals surface area contributed by atoms with E-state index in [0.717, 1.165) is 20.8 Å². The minimum Gasteiger partial charge on any atom is -0.493 e. The molecular formula is C29H34BrN3O6S. The summed E-state index contributed by atoms with van der Waals surface area (Å²) in [5.41, 5.74) is 1.09. The second-order valence-electron chi connectivity index (χ2n) is 8.98. The van der Waals surface area contributed by atoms with Gasteiger partial charge in [0, 0.05) is 23.6 Å². The molecule has 0 saturated carbocycles. The van der Waals surface area contributed by atoms with Crippen LogP contribution < -0.4 is 19.1 Å². The molecule has 0 unspecified atom stereocenters. The minimum absolute atomic E-state index is 0.0749. The Kier molecular flexibility index (Phi) is 11.0. The van der Waals surface area contributed by atoms with Crippen LogP contribution in [0.3, 0.4) is 0 Å². The fourth-order valence-electron chi connectivity index (χ4n) is 4.04. The summed E-state index contributed by atoms with van der Waals surface area (Å²) >= 11 is 3.44. The molecule has 0 spiro atoms. The van der Waals surface area contributed by atoms with E-state index in [9.17, 15) is 18.0 Å². The number of nitrogens with zero attached hydrogens (tertiary/aromatic N) is 2. The lowest BCUT2D eigenvalue weighted by molar-refractivity contribution is -0.139. The number of anilines is 1. The molecule has 3 rings (SSSR count). The van der Waals surface area contributed by atoms with E-state index < -0.39 is 28.5 Å². The van der Waals surface area contributed by atoms with Crippen molar-refractivity contribution in [3.05, 3.63) is 82.8 Å². The maximum atomic E-state index is 14.0. The van der Waals surface area contributed by atoms with E-state index in [1.807, 2.05) is 31.2 Å². The van der Waals surface area contributed by atoms with E-state index in [0.29, 0.717) is 18.0 Å². The molecule has 0 radical (unpaired) electrons. The lowest BCUT2D eigenvalue weighted by atomic mass is 10.1. The quantitative estimate of drug-likeness (QED) is 0.295. The van der Waals surface area contributed by atoms with Gasteiger partial charge in [-0.05, 0) is 55.3 Å². The van der Waals surface area contributed by atoms with Crippen LogP contribution in [0.25, 0.3) is 0 Å². The lowest BCUT2D eigenvalue weighted by Crippen LogP contribution is -2.51. The van der Waals surface area contributed by atoms with Crippen molar-refractivity contribution >= 4 is 43.5 Å². The average molecular weight is 633 g/mol. The molecule has 2 amide bonds. The van der Waals surface area contributed by atoms with Gasteiger partial charge in [-0.15, -0.1) is 0 Å². The normalized spacial score (nSPS) is 11.8. The van der Waals surface area contributed by atoms with Gasteiger partial charge in [-0.1, -0.05) is 53.2 Å². The van der Waals surface area contributed by atoms with Crippen molar-refractivity contribution in [2.45, 2.75) is 37.8 Å². The predicted molar refractivity (Wildman–Crippen MR) is 158 cm³/mol. The van der Waals surface area contributed by atoms with Crippen LogP contribution in [-0.4, -0.2) is 58.5 Å². The van der Waals surface area contributed by atoms with Crippen LogP contribution in [0.4, 0.5) is 5.69 Å². The van der Waals surface area contributed by atoms with Crippen LogP contribution in [0.15, 0.2) is 82.2 Å². The van der Waals surface area contributed by atoms with Crippen molar-refractivity contribution in [1.82, 2.24) is 10.2 Å². The van der Waals surface area contributed by atoms with Crippen LogP contribution in [0.1, 0.15) is 25.8 Å². The van der Waals surface area contributed by atoms with Crippen LogP contribution in [0.2, 0.25) is 0 Å². The standard InChI is InChI=1S/C29H34BrN3O6S/c1-5-16-31-29(35)21(2)32(19-22-10-9-11-23(30)17-22)28(34)20-33(24-12-7-6-8-13-24)40(36,37)25-14-15-26(38-3)27(18-25)39-4/h6-15,17-18,21H,5,16,19-20H2,1-4H3,(H,31,35)/t21-/m1/s1. The molecule has 1 N–H and O–H groups in total. The molecule has 40 heavy (non-hydrogen) atoms. The second kappa shape index (κ2) is 14.2. The molecule has 3 aromatic rings. The molecule has 0 aliphatic carbocycles. The van der Waals surface area contributed by atoms with Crippen molar-refractivity contribution in [3.8, 4) is 11.5 Å². The number of benzene rings is 3. The summed E-state index contributed by atoms with van der Waals surface area (Å²) < 4.78 is 40.4. The molecule has 214 valence electrons. The zero-order valence-electron chi connectivity index (χ0n) is 23.0. The summed E-state index contributed by atoms with van der Waals surface area (Å²) in [7, 11) is -1.37. The Labute approximate surface area is 244 Å². The number of para-hydroxylation sites is 1. The highest BCUT2D eigenvalue weighted by molar-refractivity contribution is 9.10. The van der Waals surface area contributed by atoms with Gasteiger partial charge >= 0.3 is 0 Å². The van der Waals surface area contributed by atoms with Crippen molar-refractivity contribution in [3.63, 3.8) is 0 Å². The van der Waals surface area contributed by atoms with E-state index in [2.05, 4.69) is 21.2 Å². The zero-order chi connectivity index (χ0) is 29.3. The molecule has 0 heterocycles. The molecule has 0 saturated heterocycles. The van der Waals surface area contributed by atoms with E-state index >= 15 is 0 Å². The number of nitrogens with one attached hydrogen (secondary N) is 1. The summed E-state index contributed by atoms with van der Waals surface area (Å²) in [5, 5.41) is 2.83. The number of ether oxygens (including phenoxy) is 2. The molecule has 0 aliphatic rings. The van der Waals surface area contributed by atoms with Crippen molar-refractivity contribution in [2.75, 3.05) is 31.6 Å². The van der Waals surface area contributed by atoms with Crippen molar-refractivity contribution < 1.29 is 27.5 Å². The number of carbonyl (C=O) groups is 2. The molecule has 3 aromatic carbocycles. The minimum atomic E-state index is -4.24. The maximum Gasteiger partial charge on any atom is 0.264 e. The largest absolute Gasteiger partial charge is 0.493 e. The Hall–Kier alpha value is -3.57. The maximum absolute atomic E-state index is 14.0. The summed E-state index contributed by atoms with van der Waals surface area (Å²) in [5.74, 6) is -0.248. The first kappa shape index (κ1) is 31.0. The van der Waals surface area contributed by atoms with Gasteiger partial charge in [0.1, 0.15) is 12.6 Å². The highest BCUT2D eigenvalue weighted by atomic mass is 79.9. The topological polar surface area (TPSA) is 105 Å². The van der Waals surface area contributed by atoms with Crippen molar-refractivity contribution in [2.24, 2.45) is 0 Å². The van der Waals surface area contributed by atoms with Gasteiger partial charge in [0.05, 0.1) is 24.8 Å². The number of rotatable bonds is 13. The monoisotopic (exact) mass is 631 g/mol. The smallest absolute Gasteiger partial charge is 0.264 e. The van der Waals surface area contributed by atoms with Gasteiger partial charge in [0.2, 0.25) is 11.8 Å². The summed E-state index contributed by atoms with van der Waals surface area (Å²) in [6.45, 7) is 3.62. The molecule has 1 atom stereocenters. The van der Waals surface area contributed by atoms with Gasteiger partial charge in [-0.25, -0.2) is 8.42 Å². The zero-order valence-corrected chi connectivity index (χ0v) is 25.4. The molecule has 0 bridgehead atoms. The summed E-state index contributed by atoms with van der Waals surface area (Å²) in [6, 6.07) is 19.2. The molecule has 11 heteroatoms. The Morgan fingerprint density at radius 1 is 0.950 bits per heavy atom. The van der Waals surface area contributed by atoms with Gasteiger partial charge in [0.15, 0.2) is 11.5 Å².